The predicted molar refractivity (Wildman–Crippen MR) is 140 cm³/mol. The molecular formula is C26H22IN3O4. The van der Waals surface area contributed by atoms with Crippen molar-refractivity contribution in [3.8, 4) is 17.6 Å². The number of hydrogen-bond donors (Lipinski definition) is 2. The Morgan fingerprint density at radius 2 is 1.71 bits per heavy atom. The van der Waals surface area contributed by atoms with E-state index in [9.17, 15) is 14.9 Å². The average molecular weight is 567 g/mol. The summed E-state index contributed by atoms with van der Waals surface area (Å²) in [5.74, 6) is -0.0567. The molecule has 0 unspecified atom stereocenters. The maximum Gasteiger partial charge on any atom is 0.266 e. The molecule has 0 aliphatic carbocycles. The summed E-state index contributed by atoms with van der Waals surface area (Å²) in [6, 6.07) is 21.7. The van der Waals surface area contributed by atoms with Gasteiger partial charge in [-0.1, -0.05) is 35.9 Å². The molecule has 3 aromatic rings. The third-order valence-electron chi connectivity index (χ3n) is 4.64. The number of anilines is 2. The van der Waals surface area contributed by atoms with E-state index in [4.69, 9.17) is 9.47 Å². The van der Waals surface area contributed by atoms with E-state index in [2.05, 4.69) is 33.2 Å². The number of methoxy groups -OCH3 is 1. The number of nitriles is 1. The number of hydrogen-bond acceptors (Lipinski definition) is 5. The van der Waals surface area contributed by atoms with Crippen molar-refractivity contribution in [3.05, 3.63) is 87.0 Å². The number of rotatable bonds is 8. The summed E-state index contributed by atoms with van der Waals surface area (Å²) in [6.07, 6.45) is 1.47. The van der Waals surface area contributed by atoms with Gasteiger partial charge in [-0.3, -0.25) is 9.59 Å². The van der Waals surface area contributed by atoms with Crippen molar-refractivity contribution in [1.29, 1.82) is 5.26 Å². The first kappa shape index (κ1) is 24.8. The van der Waals surface area contributed by atoms with Crippen molar-refractivity contribution in [3.63, 3.8) is 0 Å². The second kappa shape index (κ2) is 11.9. The van der Waals surface area contributed by atoms with E-state index in [1.807, 2.05) is 43.3 Å². The Morgan fingerprint density at radius 1 is 1.03 bits per heavy atom. The predicted octanol–water partition coefficient (Wildman–Crippen LogP) is 5.17. The van der Waals surface area contributed by atoms with E-state index >= 15 is 0 Å². The van der Waals surface area contributed by atoms with Crippen molar-refractivity contribution in [2.75, 3.05) is 24.4 Å². The van der Waals surface area contributed by atoms with Crippen molar-refractivity contribution in [2.24, 2.45) is 0 Å². The minimum atomic E-state index is -0.516. The minimum absolute atomic E-state index is 0.0608. The van der Waals surface area contributed by atoms with E-state index in [1.165, 1.54) is 13.2 Å². The van der Waals surface area contributed by atoms with Crippen LogP contribution in [0.3, 0.4) is 0 Å². The number of halogens is 1. The first-order valence-electron chi connectivity index (χ1n) is 10.2. The fourth-order valence-electron chi connectivity index (χ4n) is 2.97. The summed E-state index contributed by atoms with van der Waals surface area (Å²) < 4.78 is 11.8. The summed E-state index contributed by atoms with van der Waals surface area (Å²) in [7, 11) is 1.48. The highest BCUT2D eigenvalue weighted by molar-refractivity contribution is 14.1. The van der Waals surface area contributed by atoms with E-state index in [0.29, 0.717) is 32.0 Å². The molecule has 7 nitrogen and oxygen atoms in total. The Balaban J connectivity index is 1.73. The topological polar surface area (TPSA) is 100 Å². The van der Waals surface area contributed by atoms with Gasteiger partial charge in [-0.2, -0.15) is 5.26 Å². The van der Waals surface area contributed by atoms with Crippen LogP contribution >= 0.6 is 22.6 Å². The van der Waals surface area contributed by atoms with E-state index in [-0.39, 0.29) is 18.1 Å². The van der Waals surface area contributed by atoms with Gasteiger partial charge in [-0.15, -0.1) is 0 Å². The number of nitrogens with zero attached hydrogens (tertiary/aromatic N) is 1. The first-order valence-corrected chi connectivity index (χ1v) is 11.3. The Morgan fingerprint density at radius 3 is 2.35 bits per heavy atom. The Hall–Kier alpha value is -3.84. The zero-order valence-electron chi connectivity index (χ0n) is 18.6. The second-order valence-electron chi connectivity index (χ2n) is 7.23. The molecule has 0 fully saturated rings. The van der Waals surface area contributed by atoms with Crippen molar-refractivity contribution < 1.29 is 19.1 Å². The molecule has 0 radical (unpaired) electrons. The zero-order valence-corrected chi connectivity index (χ0v) is 20.8. The second-order valence-corrected chi connectivity index (χ2v) is 8.39. The van der Waals surface area contributed by atoms with Crippen molar-refractivity contribution in [1.82, 2.24) is 0 Å². The fraction of sp³-hybridized carbons (Fsp3) is 0.115. The molecule has 3 aromatic carbocycles. The molecule has 3 rings (SSSR count). The van der Waals surface area contributed by atoms with Crippen LogP contribution in [-0.2, 0) is 9.59 Å². The highest BCUT2D eigenvalue weighted by atomic mass is 127. The molecule has 8 heteroatoms. The van der Waals surface area contributed by atoms with Crippen LogP contribution in [0.5, 0.6) is 11.5 Å². The SMILES string of the molecule is COc1cc(/C=C(\C#N)C(=O)Nc2ccc(C)cc2)cc(I)c1OCC(=O)Nc1ccccc1. The lowest BCUT2D eigenvalue weighted by molar-refractivity contribution is -0.118. The van der Waals surface area contributed by atoms with Gasteiger partial charge in [0.05, 0.1) is 10.7 Å². The molecule has 172 valence electrons. The van der Waals surface area contributed by atoms with Gasteiger partial charge in [0.15, 0.2) is 18.1 Å². The van der Waals surface area contributed by atoms with Crippen molar-refractivity contribution >= 4 is 51.9 Å². The number of ether oxygens (including phenoxy) is 2. The van der Waals surface area contributed by atoms with Gasteiger partial charge in [0.2, 0.25) is 0 Å². The molecule has 0 spiro atoms. The van der Waals surface area contributed by atoms with E-state index in [0.717, 1.165) is 5.56 Å². The largest absolute Gasteiger partial charge is 0.493 e. The lowest BCUT2D eigenvalue weighted by atomic mass is 10.1. The molecule has 0 bridgehead atoms. The van der Waals surface area contributed by atoms with Crippen LogP contribution in [0.25, 0.3) is 6.08 Å². The molecule has 0 saturated carbocycles. The van der Waals surface area contributed by atoms with Gasteiger partial charge < -0.3 is 20.1 Å². The first-order chi connectivity index (χ1) is 16.4. The molecule has 0 saturated heterocycles. The van der Waals surface area contributed by atoms with Gasteiger partial charge in [-0.25, -0.2) is 0 Å². The van der Waals surface area contributed by atoms with Crippen LogP contribution in [-0.4, -0.2) is 25.5 Å². The summed E-state index contributed by atoms with van der Waals surface area (Å²) in [5.41, 5.74) is 2.86. The van der Waals surface area contributed by atoms with Crippen LogP contribution in [0.4, 0.5) is 11.4 Å². The number of aryl methyl sites for hydroxylation is 1. The summed E-state index contributed by atoms with van der Waals surface area (Å²) in [6.45, 7) is 1.74. The molecule has 2 N–H and O–H groups in total. The number of carbonyl (C=O) groups is 2. The van der Waals surface area contributed by atoms with Crippen LogP contribution in [0, 0.1) is 21.8 Å². The lowest BCUT2D eigenvalue weighted by Crippen LogP contribution is -2.20. The van der Waals surface area contributed by atoms with Gasteiger partial charge in [0, 0.05) is 11.4 Å². The smallest absolute Gasteiger partial charge is 0.266 e. The lowest BCUT2D eigenvalue weighted by Gasteiger charge is -2.14. The Kier molecular flexibility index (Phi) is 8.65. The maximum atomic E-state index is 12.6. The number of benzene rings is 3. The molecular weight excluding hydrogens is 545 g/mol. The monoisotopic (exact) mass is 567 g/mol. The third kappa shape index (κ3) is 6.83. The highest BCUT2D eigenvalue weighted by Gasteiger charge is 2.15. The summed E-state index contributed by atoms with van der Waals surface area (Å²) in [5, 5.41) is 15.0. The summed E-state index contributed by atoms with van der Waals surface area (Å²) in [4.78, 5) is 24.8. The van der Waals surface area contributed by atoms with Crippen LogP contribution in [0.1, 0.15) is 11.1 Å². The number of amides is 2. The average Bonchev–Trinajstić information content (AvgIpc) is 2.83. The standard InChI is InChI=1S/C26H22IN3O4/c1-17-8-10-21(11-9-17)30-26(32)19(15-28)12-18-13-22(27)25(23(14-18)33-2)34-16-24(31)29-20-6-4-3-5-7-20/h3-14H,16H2,1-2H3,(H,29,31)(H,30,32)/b19-12+. The molecule has 2 amide bonds. The minimum Gasteiger partial charge on any atom is -0.493 e. The van der Waals surface area contributed by atoms with Crippen LogP contribution in [0.2, 0.25) is 0 Å². The van der Waals surface area contributed by atoms with Gasteiger partial charge in [0.1, 0.15) is 11.6 Å². The maximum absolute atomic E-state index is 12.6. The molecule has 0 aromatic heterocycles. The number of para-hydroxylation sites is 1. The number of carbonyl (C=O) groups excluding carboxylic acids is 2. The third-order valence-corrected chi connectivity index (χ3v) is 5.44. The molecule has 34 heavy (non-hydrogen) atoms. The van der Waals surface area contributed by atoms with Crippen molar-refractivity contribution in [2.45, 2.75) is 6.92 Å². The normalized spacial score (nSPS) is 10.7. The molecule has 0 aliphatic heterocycles. The highest BCUT2D eigenvalue weighted by Crippen LogP contribution is 2.34. The molecule has 0 atom stereocenters. The molecule has 0 heterocycles. The zero-order chi connectivity index (χ0) is 24.5. The van der Waals surface area contributed by atoms with Gasteiger partial charge in [-0.05, 0) is 77.6 Å². The van der Waals surface area contributed by atoms with Gasteiger partial charge in [0.25, 0.3) is 11.8 Å². The fourth-order valence-corrected chi connectivity index (χ4v) is 3.75. The van der Waals surface area contributed by atoms with E-state index < -0.39 is 5.91 Å². The quantitative estimate of drug-likeness (QED) is 0.222. The number of nitrogens with one attached hydrogen (secondary N) is 2. The summed E-state index contributed by atoms with van der Waals surface area (Å²) >= 11 is 2.05. The van der Waals surface area contributed by atoms with Gasteiger partial charge >= 0.3 is 0 Å². The van der Waals surface area contributed by atoms with Crippen LogP contribution < -0.4 is 20.1 Å². The molecule has 0 aliphatic rings. The Labute approximate surface area is 211 Å². The Bertz CT molecular complexity index is 1250. The van der Waals surface area contributed by atoms with Crippen LogP contribution in [0.15, 0.2) is 72.3 Å². The van der Waals surface area contributed by atoms with E-state index in [1.54, 1.807) is 36.4 Å².